The Morgan fingerprint density at radius 3 is 2.62 bits per heavy atom. The zero-order valence-electron chi connectivity index (χ0n) is 5.04. The molecule has 2 N–H and O–H groups in total. The molecule has 0 spiro atoms. The van der Waals surface area contributed by atoms with Crippen LogP contribution >= 0.6 is 0 Å². The Kier molecular flexibility index (Phi) is 4.95. The highest BCUT2D eigenvalue weighted by Gasteiger charge is 1.92. The lowest BCUT2D eigenvalue weighted by Crippen LogP contribution is -2.20. The van der Waals surface area contributed by atoms with Crippen LogP contribution in [-0.4, -0.2) is 36.0 Å². The van der Waals surface area contributed by atoms with Crippen LogP contribution in [0.1, 0.15) is 6.92 Å². The molecule has 3 nitrogen and oxygen atoms in total. The van der Waals surface area contributed by atoms with E-state index in [9.17, 15) is 0 Å². The van der Waals surface area contributed by atoms with Crippen LogP contribution in [0.25, 0.3) is 0 Å². The van der Waals surface area contributed by atoms with E-state index in [4.69, 9.17) is 10.2 Å². The Morgan fingerprint density at radius 2 is 2.25 bits per heavy atom. The molecular weight excluding hydrogens is 106 g/mol. The Labute approximate surface area is 49.3 Å². The summed E-state index contributed by atoms with van der Waals surface area (Å²) in [5.41, 5.74) is 0. The number of nitrogens with zero attached hydrogens (tertiary/aromatic N) is 1. The zero-order valence-corrected chi connectivity index (χ0v) is 5.04. The van der Waals surface area contributed by atoms with Crippen molar-refractivity contribution in [3.05, 3.63) is 0 Å². The molecule has 0 bridgehead atoms. The fourth-order valence-electron chi connectivity index (χ4n) is 0.349. The number of hydrogen-bond acceptors (Lipinski definition) is 2. The average Bonchev–Trinajstić information content (AvgIpc) is 1.66. The summed E-state index contributed by atoms with van der Waals surface area (Å²) in [4.78, 5) is 0. The predicted molar refractivity (Wildman–Crippen MR) is 30.6 cm³/mol. The van der Waals surface area contributed by atoms with Gasteiger partial charge in [-0.2, -0.15) is 0 Å². The molecule has 1 atom stereocenters. The third-order valence-corrected chi connectivity index (χ3v) is 0.651. The van der Waals surface area contributed by atoms with Crippen molar-refractivity contribution in [3.8, 4) is 0 Å². The van der Waals surface area contributed by atoms with Crippen molar-refractivity contribution in [2.24, 2.45) is 0 Å². The summed E-state index contributed by atoms with van der Waals surface area (Å²) in [6, 6.07) is 0. The maximum Gasteiger partial charge on any atom is 0.0653 e. The summed E-state index contributed by atoms with van der Waals surface area (Å²) >= 11 is 0. The van der Waals surface area contributed by atoms with Gasteiger partial charge in [0.1, 0.15) is 0 Å². The molecule has 0 aromatic heterocycles. The molecule has 0 fully saturated rings. The molecule has 0 rings (SSSR count). The normalized spacial score (nSPS) is 13.9. The fraction of sp³-hybridized carbons (Fsp3) is 1.00. The molecule has 3 heteroatoms. The lowest BCUT2D eigenvalue weighted by Gasteiger charge is -2.00. The van der Waals surface area contributed by atoms with E-state index in [1.165, 1.54) is 0 Å². The van der Waals surface area contributed by atoms with Crippen molar-refractivity contribution < 1.29 is 10.2 Å². The van der Waals surface area contributed by atoms with Crippen LogP contribution in [0, 0.1) is 0 Å². The lowest BCUT2D eigenvalue weighted by molar-refractivity contribution is 0.185. The van der Waals surface area contributed by atoms with Gasteiger partial charge < -0.3 is 10.2 Å². The molecule has 1 unspecified atom stereocenters. The molecule has 0 aliphatic carbocycles. The van der Waals surface area contributed by atoms with E-state index >= 15 is 0 Å². The predicted octanol–water partition coefficient (Wildman–Crippen LogP) is -1.04. The standard InChI is InChI=1S/C5H12NO2/c1-5(8)4-6-2-3-7/h5,7-8H,2-4H2,1H3. The first-order chi connectivity index (χ1) is 3.77. The highest BCUT2D eigenvalue weighted by Crippen LogP contribution is 1.74. The second-order valence-corrected chi connectivity index (χ2v) is 1.70. The van der Waals surface area contributed by atoms with Gasteiger partial charge >= 0.3 is 0 Å². The molecule has 0 heterocycles. The van der Waals surface area contributed by atoms with Gasteiger partial charge in [0, 0.05) is 13.1 Å². The Hall–Kier alpha value is -0.120. The summed E-state index contributed by atoms with van der Waals surface area (Å²) < 4.78 is 0. The van der Waals surface area contributed by atoms with E-state index in [0.717, 1.165) is 0 Å². The average molecular weight is 118 g/mol. The van der Waals surface area contributed by atoms with Gasteiger partial charge in [-0.05, 0) is 6.92 Å². The van der Waals surface area contributed by atoms with Crippen molar-refractivity contribution in [1.29, 1.82) is 0 Å². The quantitative estimate of drug-likeness (QED) is 0.463. The number of aliphatic hydroxyl groups excluding tert-OH is 2. The molecule has 0 amide bonds. The van der Waals surface area contributed by atoms with Gasteiger partial charge in [-0.3, -0.25) is 0 Å². The summed E-state index contributed by atoms with van der Waals surface area (Å²) in [5.74, 6) is 0. The van der Waals surface area contributed by atoms with Crippen LogP contribution in [0.2, 0.25) is 0 Å². The third-order valence-electron chi connectivity index (χ3n) is 0.651. The van der Waals surface area contributed by atoms with E-state index in [1.54, 1.807) is 6.92 Å². The fourth-order valence-corrected chi connectivity index (χ4v) is 0.349. The topological polar surface area (TPSA) is 54.6 Å². The Balaban J connectivity index is 2.72. The molecule has 0 aromatic rings. The number of rotatable bonds is 4. The first-order valence-electron chi connectivity index (χ1n) is 2.69. The maximum atomic E-state index is 8.60. The lowest BCUT2D eigenvalue weighted by atomic mass is 10.4. The van der Waals surface area contributed by atoms with Gasteiger partial charge in [0.25, 0.3) is 0 Å². The smallest absolute Gasteiger partial charge is 0.0653 e. The van der Waals surface area contributed by atoms with Crippen molar-refractivity contribution in [2.75, 3.05) is 19.7 Å². The van der Waals surface area contributed by atoms with Crippen LogP contribution < -0.4 is 5.32 Å². The third kappa shape index (κ3) is 5.88. The summed E-state index contributed by atoms with van der Waals surface area (Å²) in [6.07, 6.45) is -0.374. The first kappa shape index (κ1) is 7.88. The largest absolute Gasteiger partial charge is 0.395 e. The molecule has 49 valence electrons. The van der Waals surface area contributed by atoms with Gasteiger partial charge in [-0.15, -0.1) is 0 Å². The zero-order chi connectivity index (χ0) is 6.41. The van der Waals surface area contributed by atoms with Crippen LogP contribution in [-0.2, 0) is 0 Å². The molecule has 8 heavy (non-hydrogen) atoms. The minimum Gasteiger partial charge on any atom is -0.395 e. The van der Waals surface area contributed by atoms with Crippen LogP contribution in [0.5, 0.6) is 0 Å². The molecule has 1 radical (unpaired) electrons. The highest BCUT2D eigenvalue weighted by atomic mass is 16.3. The SMILES string of the molecule is CC(O)C[N]CCO. The minimum atomic E-state index is -0.374. The van der Waals surface area contributed by atoms with Crippen LogP contribution in [0.3, 0.4) is 0 Å². The van der Waals surface area contributed by atoms with E-state index < -0.39 is 0 Å². The molecule has 0 aromatic carbocycles. The number of hydrogen-bond donors (Lipinski definition) is 2. The number of aliphatic hydroxyl groups is 2. The van der Waals surface area contributed by atoms with E-state index in [2.05, 4.69) is 5.32 Å². The van der Waals surface area contributed by atoms with E-state index in [1.807, 2.05) is 0 Å². The minimum absolute atomic E-state index is 0.0761. The second kappa shape index (κ2) is 5.03. The Bertz CT molecular complexity index is 47.7. The maximum absolute atomic E-state index is 8.60. The van der Waals surface area contributed by atoms with Crippen molar-refractivity contribution in [1.82, 2.24) is 5.32 Å². The van der Waals surface area contributed by atoms with Crippen molar-refractivity contribution in [2.45, 2.75) is 13.0 Å². The molecule has 0 saturated carbocycles. The first-order valence-corrected chi connectivity index (χ1v) is 2.69. The summed E-state index contributed by atoms with van der Waals surface area (Å²) in [6.45, 7) is 2.61. The van der Waals surface area contributed by atoms with E-state index in [-0.39, 0.29) is 12.7 Å². The van der Waals surface area contributed by atoms with Gasteiger partial charge in [0.15, 0.2) is 0 Å². The van der Waals surface area contributed by atoms with Crippen LogP contribution in [0.15, 0.2) is 0 Å². The van der Waals surface area contributed by atoms with Gasteiger partial charge in [0.05, 0.1) is 12.7 Å². The van der Waals surface area contributed by atoms with Gasteiger partial charge in [-0.25, -0.2) is 5.32 Å². The Morgan fingerprint density at radius 1 is 1.62 bits per heavy atom. The molecular formula is C5H12NO2. The second-order valence-electron chi connectivity index (χ2n) is 1.70. The monoisotopic (exact) mass is 118 g/mol. The van der Waals surface area contributed by atoms with Gasteiger partial charge in [-0.1, -0.05) is 0 Å². The summed E-state index contributed by atoms with van der Waals surface area (Å²) in [5, 5.41) is 20.6. The van der Waals surface area contributed by atoms with Crippen LogP contribution in [0.4, 0.5) is 0 Å². The highest BCUT2D eigenvalue weighted by molar-refractivity contribution is 4.49. The van der Waals surface area contributed by atoms with Gasteiger partial charge in [0.2, 0.25) is 0 Å². The molecule has 0 aliphatic rings. The van der Waals surface area contributed by atoms with E-state index in [0.29, 0.717) is 13.1 Å². The molecule has 0 aliphatic heterocycles. The van der Waals surface area contributed by atoms with Crippen molar-refractivity contribution in [3.63, 3.8) is 0 Å². The molecule has 0 saturated heterocycles. The summed E-state index contributed by atoms with van der Waals surface area (Å²) in [7, 11) is 0. The van der Waals surface area contributed by atoms with Crippen molar-refractivity contribution >= 4 is 0 Å².